The van der Waals surface area contributed by atoms with Gasteiger partial charge in [0, 0.05) is 11.5 Å². The van der Waals surface area contributed by atoms with Crippen molar-refractivity contribution in [1.82, 2.24) is 0 Å². The smallest absolute Gasteiger partial charge is 0.307 e. The summed E-state index contributed by atoms with van der Waals surface area (Å²) in [6.45, 7) is 0. The number of carbonyl (C=O) groups is 2. The quantitative estimate of drug-likeness (QED) is 0.659. The zero-order valence-electron chi connectivity index (χ0n) is 9.39. The fraction of sp³-hybridized carbons (Fsp3) is 0.273. The molecule has 0 bridgehead atoms. The molecule has 0 aliphatic carbocycles. The number of aliphatic carboxylic acids is 2. The lowest BCUT2D eigenvalue weighted by Crippen LogP contribution is -2.24. The van der Waals surface area contributed by atoms with E-state index in [1.165, 1.54) is 12.1 Å². The minimum absolute atomic E-state index is 0.127. The van der Waals surface area contributed by atoms with Gasteiger partial charge in [0.1, 0.15) is 0 Å². The van der Waals surface area contributed by atoms with Gasteiger partial charge >= 0.3 is 11.9 Å². The van der Waals surface area contributed by atoms with Gasteiger partial charge in [-0.25, -0.2) is 0 Å². The summed E-state index contributed by atoms with van der Waals surface area (Å²) in [4.78, 5) is 31.2. The van der Waals surface area contributed by atoms with Crippen molar-refractivity contribution in [3.63, 3.8) is 0 Å². The molecule has 18 heavy (non-hydrogen) atoms. The van der Waals surface area contributed by atoms with E-state index in [9.17, 15) is 19.0 Å². The third kappa shape index (κ3) is 3.98. The minimum Gasteiger partial charge on any atom is -0.481 e. The highest BCUT2D eigenvalue weighted by Crippen LogP contribution is 2.41. The zero-order valence-corrected chi connectivity index (χ0v) is 10.3. The molecule has 0 radical (unpaired) electrons. The second kappa shape index (κ2) is 5.80. The van der Waals surface area contributed by atoms with Gasteiger partial charge in [0.2, 0.25) is 7.37 Å². The summed E-state index contributed by atoms with van der Waals surface area (Å²) in [5, 5.41) is 17.5. The average molecular weight is 272 g/mol. The molecular formula is C11H13O6P. The summed E-state index contributed by atoms with van der Waals surface area (Å²) in [6, 6.07) is 7.62. The molecular weight excluding hydrogens is 259 g/mol. The molecule has 0 aliphatic rings. The molecule has 0 aliphatic heterocycles. The third-order valence-corrected chi connectivity index (χ3v) is 4.44. The van der Waals surface area contributed by atoms with Gasteiger partial charge < -0.3 is 15.1 Å². The predicted molar refractivity (Wildman–Crippen MR) is 64.1 cm³/mol. The van der Waals surface area contributed by atoms with E-state index >= 15 is 0 Å². The molecule has 0 aromatic heterocycles. The lowest BCUT2D eigenvalue weighted by Gasteiger charge is -2.16. The Kier molecular flexibility index (Phi) is 4.64. The highest BCUT2D eigenvalue weighted by atomic mass is 31.2. The number of carboxylic acid groups (broad SMARTS) is 2. The number of benzene rings is 1. The first-order valence-electron chi connectivity index (χ1n) is 5.15. The van der Waals surface area contributed by atoms with Gasteiger partial charge in [-0.1, -0.05) is 18.2 Å². The fourth-order valence-electron chi connectivity index (χ4n) is 1.51. The van der Waals surface area contributed by atoms with Crippen molar-refractivity contribution in [2.45, 2.75) is 6.42 Å². The van der Waals surface area contributed by atoms with Crippen LogP contribution in [0, 0.1) is 5.92 Å². The van der Waals surface area contributed by atoms with E-state index < -0.39 is 37.8 Å². The van der Waals surface area contributed by atoms with Gasteiger partial charge in [-0.3, -0.25) is 14.2 Å². The molecule has 2 unspecified atom stereocenters. The van der Waals surface area contributed by atoms with E-state index in [0.717, 1.165) is 0 Å². The minimum atomic E-state index is -3.86. The molecule has 0 saturated heterocycles. The van der Waals surface area contributed by atoms with Gasteiger partial charge in [-0.15, -0.1) is 0 Å². The molecule has 2 atom stereocenters. The van der Waals surface area contributed by atoms with Gasteiger partial charge in [0.05, 0.1) is 12.3 Å². The molecule has 7 heteroatoms. The van der Waals surface area contributed by atoms with Crippen LogP contribution in [0.4, 0.5) is 0 Å². The van der Waals surface area contributed by atoms with Gasteiger partial charge in [0.25, 0.3) is 0 Å². The Morgan fingerprint density at radius 3 is 2.17 bits per heavy atom. The zero-order chi connectivity index (χ0) is 13.8. The first-order chi connectivity index (χ1) is 8.33. The van der Waals surface area contributed by atoms with Crippen LogP contribution in [0.5, 0.6) is 0 Å². The summed E-state index contributed by atoms with van der Waals surface area (Å²) in [5.74, 6) is -4.07. The van der Waals surface area contributed by atoms with Crippen molar-refractivity contribution in [2.24, 2.45) is 5.92 Å². The van der Waals surface area contributed by atoms with Crippen LogP contribution in [0.1, 0.15) is 6.42 Å². The van der Waals surface area contributed by atoms with E-state index in [0.29, 0.717) is 0 Å². The molecule has 1 aromatic rings. The molecule has 3 N–H and O–H groups in total. The van der Waals surface area contributed by atoms with E-state index in [1.807, 2.05) is 0 Å². The van der Waals surface area contributed by atoms with Crippen molar-refractivity contribution in [3.8, 4) is 0 Å². The summed E-state index contributed by atoms with van der Waals surface area (Å²) in [5.41, 5.74) is 0. The molecule has 0 amide bonds. The van der Waals surface area contributed by atoms with Gasteiger partial charge in [-0.2, -0.15) is 0 Å². The fourth-order valence-corrected chi connectivity index (χ4v) is 3.24. The number of hydrogen-bond donors (Lipinski definition) is 3. The Labute approximate surface area is 103 Å². The van der Waals surface area contributed by atoms with Crippen molar-refractivity contribution < 1.29 is 29.3 Å². The lowest BCUT2D eigenvalue weighted by molar-refractivity contribution is -0.147. The normalized spacial score (nSPS) is 15.6. The topological polar surface area (TPSA) is 112 Å². The Morgan fingerprint density at radius 2 is 1.72 bits per heavy atom. The average Bonchev–Trinajstić information content (AvgIpc) is 2.28. The van der Waals surface area contributed by atoms with Crippen molar-refractivity contribution >= 4 is 24.6 Å². The van der Waals surface area contributed by atoms with Crippen LogP contribution >= 0.6 is 7.37 Å². The van der Waals surface area contributed by atoms with Crippen LogP contribution in [0.25, 0.3) is 0 Å². The van der Waals surface area contributed by atoms with Crippen LogP contribution < -0.4 is 5.30 Å². The van der Waals surface area contributed by atoms with Crippen LogP contribution in [-0.2, 0) is 14.2 Å². The third-order valence-electron chi connectivity index (χ3n) is 2.40. The standard InChI is InChI=1S/C11H13O6P/c12-10(13)6-8(11(14)15)7-18(16,17)9-4-2-1-3-5-9/h1-5,8H,6-7H2,(H,12,13)(H,14,15)(H,16,17). The number of hydrogen-bond acceptors (Lipinski definition) is 3. The van der Waals surface area contributed by atoms with E-state index in [-0.39, 0.29) is 5.30 Å². The Bertz CT molecular complexity index is 484. The maximum atomic E-state index is 12.0. The van der Waals surface area contributed by atoms with E-state index in [1.54, 1.807) is 18.2 Å². The Hall–Kier alpha value is -1.65. The highest BCUT2D eigenvalue weighted by molar-refractivity contribution is 7.66. The molecule has 1 rings (SSSR count). The molecule has 0 heterocycles. The van der Waals surface area contributed by atoms with E-state index in [2.05, 4.69) is 0 Å². The van der Waals surface area contributed by atoms with E-state index in [4.69, 9.17) is 10.2 Å². The number of carboxylic acids is 2. The molecule has 0 fully saturated rings. The summed E-state index contributed by atoms with van der Waals surface area (Å²) in [7, 11) is -3.86. The van der Waals surface area contributed by atoms with Crippen LogP contribution in [-0.4, -0.2) is 33.2 Å². The summed E-state index contributed by atoms with van der Waals surface area (Å²) in [6.07, 6.45) is -1.26. The molecule has 0 saturated carbocycles. The predicted octanol–water partition coefficient (Wildman–Crippen LogP) is 0.758. The Balaban J connectivity index is 2.89. The summed E-state index contributed by atoms with van der Waals surface area (Å²) >= 11 is 0. The van der Waals surface area contributed by atoms with Crippen molar-refractivity contribution in [3.05, 3.63) is 30.3 Å². The van der Waals surface area contributed by atoms with Crippen LogP contribution in [0.3, 0.4) is 0 Å². The summed E-state index contributed by atoms with van der Waals surface area (Å²) < 4.78 is 12.0. The first kappa shape index (κ1) is 14.4. The van der Waals surface area contributed by atoms with Crippen molar-refractivity contribution in [2.75, 3.05) is 6.16 Å². The maximum Gasteiger partial charge on any atom is 0.307 e. The Morgan fingerprint density at radius 1 is 1.17 bits per heavy atom. The molecule has 6 nitrogen and oxygen atoms in total. The van der Waals surface area contributed by atoms with Gasteiger partial charge in [-0.05, 0) is 12.1 Å². The van der Waals surface area contributed by atoms with Gasteiger partial charge in [0.15, 0.2) is 0 Å². The first-order valence-corrected chi connectivity index (χ1v) is 6.99. The lowest BCUT2D eigenvalue weighted by atomic mass is 10.1. The molecule has 98 valence electrons. The van der Waals surface area contributed by atoms with Crippen molar-refractivity contribution in [1.29, 1.82) is 0 Å². The highest BCUT2D eigenvalue weighted by Gasteiger charge is 2.31. The largest absolute Gasteiger partial charge is 0.481 e. The van der Waals surface area contributed by atoms with Crippen LogP contribution in [0.2, 0.25) is 0 Å². The SMILES string of the molecule is O=C(O)CC(CP(=O)(O)c1ccccc1)C(=O)O. The molecule has 0 spiro atoms. The second-order valence-corrected chi connectivity index (χ2v) is 6.14. The second-order valence-electron chi connectivity index (χ2n) is 3.85. The monoisotopic (exact) mass is 272 g/mol. The van der Waals surface area contributed by atoms with Crippen LogP contribution in [0.15, 0.2) is 30.3 Å². The maximum absolute atomic E-state index is 12.0. The molecule has 1 aromatic carbocycles. The number of rotatable bonds is 6.